The topological polar surface area (TPSA) is 58.6 Å². The Labute approximate surface area is 122 Å². The maximum Gasteiger partial charge on any atom is 0.252 e. The maximum absolute atomic E-state index is 12.3. The number of halogens is 1. The molecule has 1 aromatic carbocycles. The fraction of sp³-hybridized carbons (Fsp3) is 0.500. The van der Waals surface area contributed by atoms with Gasteiger partial charge in [0.15, 0.2) is 0 Å². The Bertz CT molecular complexity index is 442. The molecule has 2 N–H and O–H groups in total. The van der Waals surface area contributed by atoms with Crippen LogP contribution in [-0.2, 0) is 4.74 Å². The van der Waals surface area contributed by atoms with Crippen LogP contribution in [0.15, 0.2) is 22.7 Å². The highest BCUT2D eigenvalue weighted by atomic mass is 79.9. The lowest BCUT2D eigenvalue weighted by molar-refractivity contribution is 0.0725. The smallest absolute Gasteiger partial charge is 0.252 e. The summed E-state index contributed by atoms with van der Waals surface area (Å²) < 4.78 is 5.87. The zero-order valence-corrected chi connectivity index (χ0v) is 13.1. The summed E-state index contributed by atoms with van der Waals surface area (Å²) in [5, 5.41) is 12.0. The second-order valence-corrected chi connectivity index (χ2v) is 5.76. The summed E-state index contributed by atoms with van der Waals surface area (Å²) in [5.74, 6) is -0.181. The van der Waals surface area contributed by atoms with Crippen molar-refractivity contribution in [1.82, 2.24) is 5.32 Å². The molecule has 19 heavy (non-hydrogen) atoms. The first kappa shape index (κ1) is 16.1. The molecular formula is C14H20BrNO3. The Morgan fingerprint density at radius 1 is 1.53 bits per heavy atom. The molecule has 0 aliphatic heterocycles. The van der Waals surface area contributed by atoms with Crippen LogP contribution in [0, 0.1) is 6.92 Å². The number of rotatable bonds is 6. The molecule has 0 fully saturated rings. The first-order chi connectivity index (χ1) is 8.91. The van der Waals surface area contributed by atoms with Gasteiger partial charge in [-0.25, -0.2) is 0 Å². The van der Waals surface area contributed by atoms with Crippen molar-refractivity contribution in [2.24, 2.45) is 0 Å². The number of methoxy groups -OCH3 is 1. The molecule has 0 radical (unpaired) electrons. The van der Waals surface area contributed by atoms with Gasteiger partial charge in [-0.15, -0.1) is 0 Å². The summed E-state index contributed by atoms with van der Waals surface area (Å²) in [7, 11) is 1.57. The molecule has 0 aliphatic rings. The number of carbonyl (C=O) groups excluding carboxylic acids is 1. The number of ether oxygens (including phenoxy) is 1. The van der Waals surface area contributed by atoms with Crippen molar-refractivity contribution in [3.05, 3.63) is 33.8 Å². The van der Waals surface area contributed by atoms with Gasteiger partial charge in [0.2, 0.25) is 0 Å². The van der Waals surface area contributed by atoms with E-state index in [9.17, 15) is 4.79 Å². The van der Waals surface area contributed by atoms with Gasteiger partial charge in [-0.3, -0.25) is 4.79 Å². The third-order valence-corrected chi connectivity index (χ3v) is 3.57. The third-order valence-electron chi connectivity index (χ3n) is 2.91. The molecule has 0 aromatic heterocycles. The Balaban J connectivity index is 2.87. The van der Waals surface area contributed by atoms with E-state index in [4.69, 9.17) is 9.84 Å². The van der Waals surface area contributed by atoms with E-state index < -0.39 is 5.54 Å². The predicted octanol–water partition coefficient (Wildman–Crippen LogP) is 2.27. The minimum Gasteiger partial charge on any atom is -0.396 e. The van der Waals surface area contributed by atoms with Gasteiger partial charge >= 0.3 is 0 Å². The van der Waals surface area contributed by atoms with Crippen LogP contribution in [0.4, 0.5) is 0 Å². The highest BCUT2D eigenvalue weighted by Gasteiger charge is 2.27. The van der Waals surface area contributed by atoms with E-state index in [1.165, 1.54) is 0 Å². The quantitative estimate of drug-likeness (QED) is 0.841. The van der Waals surface area contributed by atoms with Gasteiger partial charge in [-0.05, 0) is 53.9 Å². The van der Waals surface area contributed by atoms with Crippen LogP contribution in [0.25, 0.3) is 0 Å². The van der Waals surface area contributed by atoms with Crippen molar-refractivity contribution < 1.29 is 14.6 Å². The van der Waals surface area contributed by atoms with Gasteiger partial charge in [0.1, 0.15) is 0 Å². The summed E-state index contributed by atoms with van der Waals surface area (Å²) in [6.07, 6.45) is 0.441. The minimum absolute atomic E-state index is 0.00475. The lowest BCUT2D eigenvalue weighted by atomic mass is 9.98. The van der Waals surface area contributed by atoms with E-state index in [0.717, 1.165) is 10.0 Å². The second kappa shape index (κ2) is 7.03. The van der Waals surface area contributed by atoms with E-state index in [2.05, 4.69) is 21.2 Å². The van der Waals surface area contributed by atoms with Gasteiger partial charge in [0.25, 0.3) is 5.91 Å². The SMILES string of the molecule is COCC(C)(CCO)NC(=O)c1ccc(C)cc1Br. The number of aliphatic hydroxyl groups is 1. The van der Waals surface area contributed by atoms with Crippen molar-refractivity contribution >= 4 is 21.8 Å². The third kappa shape index (κ3) is 4.60. The summed E-state index contributed by atoms with van der Waals surface area (Å²) in [6.45, 7) is 4.16. The molecule has 0 aliphatic carbocycles. The van der Waals surface area contributed by atoms with Crippen molar-refractivity contribution in [3.63, 3.8) is 0 Å². The predicted molar refractivity (Wildman–Crippen MR) is 78.3 cm³/mol. The van der Waals surface area contributed by atoms with Crippen LogP contribution in [-0.4, -0.2) is 36.9 Å². The van der Waals surface area contributed by atoms with Crippen LogP contribution in [0.5, 0.6) is 0 Å². The fourth-order valence-electron chi connectivity index (χ4n) is 1.88. The molecular weight excluding hydrogens is 310 g/mol. The van der Waals surface area contributed by atoms with Gasteiger partial charge in [0.05, 0.1) is 17.7 Å². The number of nitrogens with one attached hydrogen (secondary N) is 1. The molecule has 0 saturated heterocycles. The molecule has 1 unspecified atom stereocenters. The molecule has 1 amide bonds. The molecule has 1 aromatic rings. The highest BCUT2D eigenvalue weighted by molar-refractivity contribution is 9.10. The van der Waals surface area contributed by atoms with E-state index in [1.807, 2.05) is 26.0 Å². The van der Waals surface area contributed by atoms with Gasteiger partial charge < -0.3 is 15.2 Å². The molecule has 1 rings (SSSR count). The molecule has 106 valence electrons. The van der Waals surface area contributed by atoms with Crippen LogP contribution in [0.1, 0.15) is 29.3 Å². The summed E-state index contributed by atoms with van der Waals surface area (Å²) >= 11 is 3.39. The lowest BCUT2D eigenvalue weighted by Gasteiger charge is -2.29. The van der Waals surface area contributed by atoms with Gasteiger partial charge in [-0.2, -0.15) is 0 Å². The lowest BCUT2D eigenvalue weighted by Crippen LogP contribution is -2.50. The Morgan fingerprint density at radius 3 is 2.74 bits per heavy atom. The average Bonchev–Trinajstić information content (AvgIpc) is 2.28. The minimum atomic E-state index is -0.578. The Kier molecular flexibility index (Phi) is 5.97. The summed E-state index contributed by atoms with van der Waals surface area (Å²) in [4.78, 5) is 12.3. The number of aliphatic hydroxyl groups excluding tert-OH is 1. The van der Waals surface area contributed by atoms with Crippen molar-refractivity contribution in [3.8, 4) is 0 Å². The van der Waals surface area contributed by atoms with E-state index in [-0.39, 0.29) is 12.5 Å². The normalized spacial score (nSPS) is 13.9. The monoisotopic (exact) mass is 329 g/mol. The number of aryl methyl sites for hydroxylation is 1. The van der Waals surface area contributed by atoms with Crippen molar-refractivity contribution in [2.75, 3.05) is 20.3 Å². The zero-order chi connectivity index (χ0) is 14.5. The number of benzene rings is 1. The average molecular weight is 330 g/mol. The highest BCUT2D eigenvalue weighted by Crippen LogP contribution is 2.20. The molecule has 1 atom stereocenters. The molecule has 0 heterocycles. The summed E-state index contributed by atoms with van der Waals surface area (Å²) in [5.41, 5.74) is 1.08. The number of hydrogen-bond donors (Lipinski definition) is 2. The van der Waals surface area contributed by atoms with E-state index in [1.54, 1.807) is 13.2 Å². The Hall–Kier alpha value is -0.910. The first-order valence-corrected chi connectivity index (χ1v) is 6.89. The van der Waals surface area contributed by atoms with Gasteiger partial charge in [0, 0.05) is 18.2 Å². The first-order valence-electron chi connectivity index (χ1n) is 6.10. The molecule has 4 nitrogen and oxygen atoms in total. The van der Waals surface area contributed by atoms with Crippen LogP contribution in [0.2, 0.25) is 0 Å². The summed E-state index contributed by atoms with van der Waals surface area (Å²) in [6, 6.07) is 5.56. The van der Waals surface area contributed by atoms with Crippen molar-refractivity contribution in [2.45, 2.75) is 25.8 Å². The molecule has 0 saturated carbocycles. The maximum atomic E-state index is 12.3. The second-order valence-electron chi connectivity index (χ2n) is 4.90. The van der Waals surface area contributed by atoms with E-state index >= 15 is 0 Å². The standard InChI is InChI=1S/C14H20BrNO3/c1-10-4-5-11(12(15)8-10)13(18)16-14(2,6-7-17)9-19-3/h4-5,8,17H,6-7,9H2,1-3H3,(H,16,18). The number of carbonyl (C=O) groups is 1. The van der Waals surface area contributed by atoms with E-state index in [0.29, 0.717) is 18.6 Å². The largest absolute Gasteiger partial charge is 0.396 e. The Morgan fingerprint density at radius 2 is 2.21 bits per heavy atom. The molecule has 0 spiro atoms. The van der Waals surface area contributed by atoms with Crippen LogP contribution >= 0.6 is 15.9 Å². The van der Waals surface area contributed by atoms with Crippen LogP contribution in [0.3, 0.4) is 0 Å². The number of hydrogen-bond acceptors (Lipinski definition) is 3. The fourth-order valence-corrected chi connectivity index (χ4v) is 2.56. The van der Waals surface area contributed by atoms with Crippen LogP contribution < -0.4 is 5.32 Å². The number of amides is 1. The molecule has 0 bridgehead atoms. The zero-order valence-electron chi connectivity index (χ0n) is 11.5. The van der Waals surface area contributed by atoms with Gasteiger partial charge in [-0.1, -0.05) is 6.07 Å². The van der Waals surface area contributed by atoms with Crippen molar-refractivity contribution in [1.29, 1.82) is 0 Å². The molecule has 5 heteroatoms.